The van der Waals surface area contributed by atoms with E-state index in [2.05, 4.69) is 31.3 Å². The number of nitrogens with one attached hydrogen (secondary N) is 1. The molecule has 15 heavy (non-hydrogen) atoms. The highest BCUT2D eigenvalue weighted by Gasteiger charge is 2.21. The highest BCUT2D eigenvalue weighted by Crippen LogP contribution is 2.30. The van der Waals surface area contributed by atoms with Gasteiger partial charge in [-0.15, -0.1) is 0 Å². The van der Waals surface area contributed by atoms with Crippen LogP contribution in [0.3, 0.4) is 0 Å². The summed E-state index contributed by atoms with van der Waals surface area (Å²) in [5.41, 5.74) is 2.30. The van der Waals surface area contributed by atoms with Gasteiger partial charge in [-0.25, -0.2) is 0 Å². The lowest BCUT2D eigenvalue weighted by atomic mass is 10.1. The molecule has 2 atom stereocenters. The standard InChI is InChI=1S/C13H18ClN/c1-9-3-5-11(7-9)15-13-6-4-10(2)8-12(13)14/h4,6,8-9,11,15H,3,5,7H2,1-2H3. The molecule has 1 aliphatic rings. The lowest BCUT2D eigenvalue weighted by Crippen LogP contribution is -2.15. The van der Waals surface area contributed by atoms with E-state index in [-0.39, 0.29) is 0 Å². The zero-order valence-corrected chi connectivity index (χ0v) is 10.1. The second-order valence-electron chi connectivity index (χ2n) is 4.74. The molecule has 2 rings (SSSR count). The van der Waals surface area contributed by atoms with Crippen molar-refractivity contribution < 1.29 is 0 Å². The van der Waals surface area contributed by atoms with E-state index in [9.17, 15) is 0 Å². The second kappa shape index (κ2) is 4.44. The summed E-state index contributed by atoms with van der Waals surface area (Å²) in [6, 6.07) is 6.82. The molecular formula is C13H18ClN. The first-order valence-corrected chi connectivity index (χ1v) is 6.05. The molecule has 1 aliphatic carbocycles. The lowest BCUT2D eigenvalue weighted by molar-refractivity contribution is 0.602. The van der Waals surface area contributed by atoms with Gasteiger partial charge in [-0.3, -0.25) is 0 Å². The third-order valence-electron chi connectivity index (χ3n) is 3.18. The molecule has 0 spiro atoms. The first-order chi connectivity index (χ1) is 7.15. The minimum Gasteiger partial charge on any atom is -0.381 e. The summed E-state index contributed by atoms with van der Waals surface area (Å²) in [5, 5.41) is 4.38. The van der Waals surface area contributed by atoms with Crippen LogP contribution < -0.4 is 5.32 Å². The Morgan fingerprint density at radius 1 is 1.33 bits per heavy atom. The monoisotopic (exact) mass is 223 g/mol. The van der Waals surface area contributed by atoms with Gasteiger partial charge in [0, 0.05) is 6.04 Å². The topological polar surface area (TPSA) is 12.0 Å². The molecule has 2 heteroatoms. The van der Waals surface area contributed by atoms with Gasteiger partial charge < -0.3 is 5.32 Å². The fraction of sp³-hybridized carbons (Fsp3) is 0.538. The van der Waals surface area contributed by atoms with Crippen molar-refractivity contribution in [1.82, 2.24) is 0 Å². The van der Waals surface area contributed by atoms with Crippen LogP contribution in [0, 0.1) is 12.8 Å². The molecule has 0 amide bonds. The molecule has 82 valence electrons. The number of rotatable bonds is 2. The number of hydrogen-bond donors (Lipinski definition) is 1. The second-order valence-corrected chi connectivity index (χ2v) is 5.15. The molecule has 1 aromatic carbocycles. The van der Waals surface area contributed by atoms with Crippen molar-refractivity contribution in [1.29, 1.82) is 0 Å². The van der Waals surface area contributed by atoms with Crippen LogP contribution in [0.1, 0.15) is 31.7 Å². The van der Waals surface area contributed by atoms with Crippen LogP contribution in [0.5, 0.6) is 0 Å². The van der Waals surface area contributed by atoms with Crippen molar-refractivity contribution in [3.63, 3.8) is 0 Å². The Labute approximate surface area is 96.8 Å². The molecule has 1 saturated carbocycles. The van der Waals surface area contributed by atoms with Gasteiger partial charge in [-0.1, -0.05) is 24.6 Å². The van der Waals surface area contributed by atoms with Gasteiger partial charge in [0.25, 0.3) is 0 Å². The maximum absolute atomic E-state index is 6.18. The Balaban J connectivity index is 2.04. The number of aryl methyl sites for hydroxylation is 1. The molecule has 0 aliphatic heterocycles. The Bertz CT molecular complexity index is 348. The van der Waals surface area contributed by atoms with Crippen molar-refractivity contribution in [2.24, 2.45) is 5.92 Å². The SMILES string of the molecule is Cc1ccc(NC2CCC(C)C2)c(Cl)c1. The first kappa shape index (κ1) is 10.8. The van der Waals surface area contributed by atoms with Crippen LogP contribution in [0.15, 0.2) is 18.2 Å². The third-order valence-corrected chi connectivity index (χ3v) is 3.49. The Kier molecular flexibility index (Phi) is 3.20. The zero-order valence-electron chi connectivity index (χ0n) is 9.39. The number of halogens is 1. The van der Waals surface area contributed by atoms with Crippen LogP contribution in [0.25, 0.3) is 0 Å². The minimum absolute atomic E-state index is 0.611. The number of benzene rings is 1. The summed E-state index contributed by atoms with van der Waals surface area (Å²) in [7, 11) is 0. The summed E-state index contributed by atoms with van der Waals surface area (Å²) < 4.78 is 0. The van der Waals surface area contributed by atoms with Crippen molar-refractivity contribution in [3.05, 3.63) is 28.8 Å². The fourth-order valence-corrected chi connectivity index (χ4v) is 2.58. The Morgan fingerprint density at radius 3 is 2.73 bits per heavy atom. The van der Waals surface area contributed by atoms with E-state index >= 15 is 0 Å². The van der Waals surface area contributed by atoms with Crippen molar-refractivity contribution in [2.45, 2.75) is 39.2 Å². The third kappa shape index (κ3) is 2.66. The maximum atomic E-state index is 6.18. The van der Waals surface area contributed by atoms with Gasteiger partial charge in [0.1, 0.15) is 0 Å². The van der Waals surface area contributed by atoms with E-state index in [1.165, 1.54) is 24.8 Å². The van der Waals surface area contributed by atoms with Crippen molar-refractivity contribution >= 4 is 17.3 Å². The van der Waals surface area contributed by atoms with Crippen LogP contribution in [0.2, 0.25) is 5.02 Å². The van der Waals surface area contributed by atoms with E-state index in [1.54, 1.807) is 0 Å². The predicted octanol–water partition coefficient (Wildman–Crippen LogP) is 4.25. The van der Waals surface area contributed by atoms with Gasteiger partial charge >= 0.3 is 0 Å². The Morgan fingerprint density at radius 2 is 2.13 bits per heavy atom. The maximum Gasteiger partial charge on any atom is 0.0640 e. The lowest BCUT2D eigenvalue weighted by Gasteiger charge is -2.15. The quantitative estimate of drug-likeness (QED) is 0.791. The van der Waals surface area contributed by atoms with Crippen LogP contribution in [0.4, 0.5) is 5.69 Å². The average Bonchev–Trinajstić information content (AvgIpc) is 2.56. The summed E-state index contributed by atoms with van der Waals surface area (Å²) >= 11 is 6.18. The summed E-state index contributed by atoms with van der Waals surface area (Å²) in [6.45, 7) is 4.38. The Hall–Kier alpha value is -0.690. The van der Waals surface area contributed by atoms with E-state index in [1.807, 2.05) is 6.07 Å². The minimum atomic E-state index is 0.611. The van der Waals surface area contributed by atoms with Gasteiger partial charge in [0.15, 0.2) is 0 Å². The molecule has 1 nitrogen and oxygen atoms in total. The van der Waals surface area contributed by atoms with Gasteiger partial charge in [-0.05, 0) is 49.8 Å². The molecule has 1 aromatic rings. The summed E-state index contributed by atoms with van der Waals surface area (Å²) in [4.78, 5) is 0. The van der Waals surface area contributed by atoms with Crippen molar-refractivity contribution in [2.75, 3.05) is 5.32 Å². The summed E-state index contributed by atoms with van der Waals surface area (Å²) in [5.74, 6) is 0.853. The molecule has 1 N–H and O–H groups in total. The molecule has 0 heterocycles. The highest BCUT2D eigenvalue weighted by molar-refractivity contribution is 6.33. The van der Waals surface area contributed by atoms with Gasteiger partial charge in [-0.2, -0.15) is 0 Å². The molecular weight excluding hydrogens is 206 g/mol. The van der Waals surface area contributed by atoms with Crippen LogP contribution in [-0.2, 0) is 0 Å². The molecule has 0 radical (unpaired) electrons. The van der Waals surface area contributed by atoms with Crippen LogP contribution in [-0.4, -0.2) is 6.04 Å². The smallest absolute Gasteiger partial charge is 0.0640 e. The molecule has 2 unspecified atom stereocenters. The average molecular weight is 224 g/mol. The summed E-state index contributed by atoms with van der Waals surface area (Å²) in [6.07, 6.45) is 3.87. The number of anilines is 1. The first-order valence-electron chi connectivity index (χ1n) is 5.68. The van der Waals surface area contributed by atoms with Gasteiger partial charge in [0.2, 0.25) is 0 Å². The van der Waals surface area contributed by atoms with Gasteiger partial charge in [0.05, 0.1) is 10.7 Å². The van der Waals surface area contributed by atoms with E-state index in [0.29, 0.717) is 6.04 Å². The van der Waals surface area contributed by atoms with E-state index < -0.39 is 0 Å². The van der Waals surface area contributed by atoms with E-state index in [0.717, 1.165) is 16.6 Å². The largest absolute Gasteiger partial charge is 0.381 e. The molecule has 0 saturated heterocycles. The number of hydrogen-bond acceptors (Lipinski definition) is 1. The normalized spacial score (nSPS) is 25.5. The zero-order chi connectivity index (χ0) is 10.8. The molecule has 0 aromatic heterocycles. The fourth-order valence-electron chi connectivity index (χ4n) is 2.30. The van der Waals surface area contributed by atoms with E-state index in [4.69, 9.17) is 11.6 Å². The van der Waals surface area contributed by atoms with Crippen LogP contribution >= 0.6 is 11.6 Å². The molecule has 0 bridgehead atoms. The molecule has 1 fully saturated rings. The predicted molar refractivity (Wildman–Crippen MR) is 66.6 cm³/mol. The highest BCUT2D eigenvalue weighted by atomic mass is 35.5. The van der Waals surface area contributed by atoms with Crippen molar-refractivity contribution in [3.8, 4) is 0 Å².